The lowest BCUT2D eigenvalue weighted by molar-refractivity contribution is -0.146. The molecule has 4 heteroatoms. The molecule has 4 nitrogen and oxygen atoms in total. The number of carbonyl (C=O) groups is 2. The van der Waals surface area contributed by atoms with Gasteiger partial charge in [-0.2, -0.15) is 0 Å². The molecule has 1 aliphatic rings. The van der Waals surface area contributed by atoms with E-state index in [2.05, 4.69) is 0 Å². The molecule has 0 aromatic heterocycles. The Morgan fingerprint density at radius 3 is 2.57 bits per heavy atom. The maximum Gasteiger partial charge on any atom is 0.312 e. The summed E-state index contributed by atoms with van der Waals surface area (Å²) >= 11 is 0. The van der Waals surface area contributed by atoms with Crippen LogP contribution in [0.1, 0.15) is 58.8 Å². The highest BCUT2D eigenvalue weighted by Crippen LogP contribution is 2.14. The fraction of sp³-hybridized carbons (Fsp3) is 0.647. The highest BCUT2D eigenvalue weighted by molar-refractivity contribution is 5.74. The third kappa shape index (κ3) is 8.33. The average molecular weight is 294 g/mol. The van der Waals surface area contributed by atoms with Crippen molar-refractivity contribution < 1.29 is 19.1 Å². The second-order valence-electron chi connectivity index (χ2n) is 5.44. The molecule has 0 spiro atoms. The molecule has 21 heavy (non-hydrogen) atoms. The number of carbonyl (C=O) groups excluding carboxylic acids is 2. The van der Waals surface area contributed by atoms with Crippen molar-refractivity contribution in [1.82, 2.24) is 0 Å². The summed E-state index contributed by atoms with van der Waals surface area (Å²) in [6, 6.07) is 0. The Labute approximate surface area is 127 Å². The molecular weight excluding hydrogens is 268 g/mol. The smallest absolute Gasteiger partial charge is 0.312 e. The number of rotatable bonds is 1. The van der Waals surface area contributed by atoms with Crippen LogP contribution in [0.15, 0.2) is 24.0 Å². The Balaban J connectivity index is 2.67. The molecule has 1 unspecified atom stereocenters. The summed E-state index contributed by atoms with van der Waals surface area (Å²) in [7, 11) is 0. The molecule has 0 bridgehead atoms. The zero-order valence-electron chi connectivity index (χ0n) is 13.1. The van der Waals surface area contributed by atoms with E-state index in [9.17, 15) is 9.59 Å². The summed E-state index contributed by atoms with van der Waals surface area (Å²) in [6.45, 7) is 3.71. The van der Waals surface area contributed by atoms with Crippen LogP contribution in [-0.4, -0.2) is 18.5 Å². The first kappa shape index (κ1) is 17.5. The van der Waals surface area contributed by atoms with Crippen LogP contribution in [-0.2, 0) is 19.1 Å². The number of esters is 2. The van der Waals surface area contributed by atoms with Crippen LogP contribution >= 0.6 is 0 Å². The van der Waals surface area contributed by atoms with Crippen molar-refractivity contribution in [2.24, 2.45) is 5.92 Å². The van der Waals surface area contributed by atoms with E-state index in [1.165, 1.54) is 6.92 Å². The van der Waals surface area contributed by atoms with E-state index < -0.39 is 0 Å². The largest absolute Gasteiger partial charge is 0.465 e. The molecule has 0 aromatic rings. The molecule has 1 heterocycles. The monoisotopic (exact) mass is 294 g/mol. The molecule has 118 valence electrons. The van der Waals surface area contributed by atoms with Gasteiger partial charge >= 0.3 is 11.9 Å². The highest BCUT2D eigenvalue weighted by Gasteiger charge is 2.10. The second kappa shape index (κ2) is 10.2. The summed E-state index contributed by atoms with van der Waals surface area (Å²) in [5.41, 5.74) is 0. The minimum absolute atomic E-state index is 0.205. The van der Waals surface area contributed by atoms with Gasteiger partial charge in [-0.05, 0) is 25.8 Å². The predicted octanol–water partition coefficient (Wildman–Crippen LogP) is 3.91. The van der Waals surface area contributed by atoms with E-state index in [0.29, 0.717) is 12.4 Å². The SMILES string of the molecule is CC(=O)O/C1=C/C=C\C(C)C(=O)OCCCCCCCC1. The normalized spacial score (nSPS) is 26.5. The zero-order valence-corrected chi connectivity index (χ0v) is 13.1. The molecule has 0 fully saturated rings. The first-order valence-corrected chi connectivity index (χ1v) is 7.82. The number of allylic oxidation sites excluding steroid dienone is 3. The summed E-state index contributed by atoms with van der Waals surface area (Å²) < 4.78 is 10.4. The van der Waals surface area contributed by atoms with Gasteiger partial charge in [-0.3, -0.25) is 9.59 Å². The molecule has 0 saturated heterocycles. The van der Waals surface area contributed by atoms with Gasteiger partial charge in [0.25, 0.3) is 0 Å². The molecular formula is C17H26O4. The van der Waals surface area contributed by atoms with Crippen LogP contribution in [0, 0.1) is 5.92 Å². The molecule has 0 amide bonds. The van der Waals surface area contributed by atoms with Gasteiger partial charge in [0.1, 0.15) is 5.76 Å². The summed E-state index contributed by atoms with van der Waals surface area (Å²) in [6.07, 6.45) is 12.5. The highest BCUT2D eigenvalue weighted by atomic mass is 16.5. The van der Waals surface area contributed by atoms with Gasteiger partial charge in [-0.1, -0.05) is 37.8 Å². The average Bonchev–Trinajstić information content (AvgIpc) is 2.43. The van der Waals surface area contributed by atoms with E-state index in [1.807, 2.05) is 0 Å². The Morgan fingerprint density at radius 1 is 1.19 bits per heavy atom. The van der Waals surface area contributed by atoms with Gasteiger partial charge in [0, 0.05) is 13.3 Å². The van der Waals surface area contributed by atoms with E-state index in [-0.39, 0.29) is 17.9 Å². The van der Waals surface area contributed by atoms with Crippen molar-refractivity contribution in [3.05, 3.63) is 24.0 Å². The van der Waals surface area contributed by atoms with Crippen molar-refractivity contribution in [1.29, 1.82) is 0 Å². The van der Waals surface area contributed by atoms with Gasteiger partial charge in [0.2, 0.25) is 0 Å². The maximum absolute atomic E-state index is 11.7. The minimum Gasteiger partial charge on any atom is -0.465 e. The lowest BCUT2D eigenvalue weighted by Gasteiger charge is -2.07. The van der Waals surface area contributed by atoms with Crippen LogP contribution in [0.3, 0.4) is 0 Å². The van der Waals surface area contributed by atoms with Crippen molar-refractivity contribution in [2.75, 3.05) is 6.61 Å². The lowest BCUT2D eigenvalue weighted by atomic mass is 10.1. The Kier molecular flexibility index (Phi) is 8.48. The summed E-state index contributed by atoms with van der Waals surface area (Å²) in [4.78, 5) is 22.8. The maximum atomic E-state index is 11.7. The third-order valence-corrected chi connectivity index (χ3v) is 3.39. The minimum atomic E-state index is -0.306. The quantitative estimate of drug-likeness (QED) is 0.688. The molecule has 0 radical (unpaired) electrons. The van der Waals surface area contributed by atoms with Crippen LogP contribution in [0.5, 0.6) is 0 Å². The predicted molar refractivity (Wildman–Crippen MR) is 81.4 cm³/mol. The fourth-order valence-electron chi connectivity index (χ4n) is 2.17. The standard InChI is InChI=1S/C17H26O4/c1-14-10-9-12-16(21-15(2)18)11-7-5-3-4-6-8-13-20-17(14)19/h9-10,12,14H,3-8,11,13H2,1-2H3/b10-9-,16-12+. The first-order valence-electron chi connectivity index (χ1n) is 7.82. The van der Waals surface area contributed by atoms with E-state index in [4.69, 9.17) is 9.47 Å². The van der Waals surface area contributed by atoms with Crippen molar-refractivity contribution in [2.45, 2.75) is 58.8 Å². The van der Waals surface area contributed by atoms with Crippen LogP contribution in [0.4, 0.5) is 0 Å². The number of hydrogen-bond donors (Lipinski definition) is 0. The topological polar surface area (TPSA) is 52.6 Å². The van der Waals surface area contributed by atoms with Gasteiger partial charge < -0.3 is 9.47 Å². The van der Waals surface area contributed by atoms with Crippen LogP contribution in [0.2, 0.25) is 0 Å². The molecule has 0 aromatic carbocycles. The molecule has 1 atom stereocenters. The first-order chi connectivity index (χ1) is 10.1. The summed E-state index contributed by atoms with van der Waals surface area (Å²) in [5.74, 6) is -0.136. The Bertz CT molecular complexity index is 396. The van der Waals surface area contributed by atoms with E-state index >= 15 is 0 Å². The molecule has 0 N–H and O–H groups in total. The van der Waals surface area contributed by atoms with Gasteiger partial charge in [-0.25, -0.2) is 0 Å². The third-order valence-electron chi connectivity index (χ3n) is 3.39. The Morgan fingerprint density at radius 2 is 1.86 bits per heavy atom. The molecule has 1 rings (SSSR count). The molecule has 0 saturated carbocycles. The van der Waals surface area contributed by atoms with Gasteiger partial charge in [0.05, 0.1) is 12.5 Å². The molecule has 1 aliphatic heterocycles. The van der Waals surface area contributed by atoms with Crippen molar-refractivity contribution >= 4 is 11.9 Å². The van der Waals surface area contributed by atoms with E-state index in [1.54, 1.807) is 25.2 Å². The number of ether oxygens (including phenoxy) is 2. The zero-order chi connectivity index (χ0) is 15.5. The van der Waals surface area contributed by atoms with E-state index in [0.717, 1.165) is 44.9 Å². The van der Waals surface area contributed by atoms with Gasteiger partial charge in [0.15, 0.2) is 0 Å². The van der Waals surface area contributed by atoms with Crippen molar-refractivity contribution in [3.63, 3.8) is 0 Å². The summed E-state index contributed by atoms with van der Waals surface area (Å²) in [5, 5.41) is 0. The lowest BCUT2D eigenvalue weighted by Crippen LogP contribution is -2.13. The van der Waals surface area contributed by atoms with Crippen molar-refractivity contribution in [3.8, 4) is 0 Å². The van der Waals surface area contributed by atoms with Crippen LogP contribution < -0.4 is 0 Å². The Hall–Kier alpha value is -1.58. The van der Waals surface area contributed by atoms with Crippen LogP contribution in [0.25, 0.3) is 0 Å². The molecule has 0 aliphatic carbocycles. The fourth-order valence-corrected chi connectivity index (χ4v) is 2.17. The second-order valence-corrected chi connectivity index (χ2v) is 5.44. The van der Waals surface area contributed by atoms with Gasteiger partial charge in [-0.15, -0.1) is 0 Å². The number of cyclic esters (lactones) is 1. The number of hydrogen-bond acceptors (Lipinski definition) is 4.